The lowest BCUT2D eigenvalue weighted by Gasteiger charge is -2.21. The van der Waals surface area contributed by atoms with Crippen molar-refractivity contribution in [2.45, 2.75) is 44.9 Å². The van der Waals surface area contributed by atoms with E-state index in [2.05, 4.69) is 15.6 Å². The van der Waals surface area contributed by atoms with Gasteiger partial charge in [-0.05, 0) is 53.8 Å². The third-order valence-electron chi connectivity index (χ3n) is 4.10. The van der Waals surface area contributed by atoms with Gasteiger partial charge in [0.05, 0.1) is 4.90 Å². The molecule has 28 heavy (non-hydrogen) atoms. The fourth-order valence-corrected chi connectivity index (χ4v) is 3.80. The molecule has 150 valence electrons. The Morgan fingerprint density at radius 3 is 2.07 bits per heavy atom. The van der Waals surface area contributed by atoms with E-state index in [0.717, 1.165) is 5.56 Å². The summed E-state index contributed by atoms with van der Waals surface area (Å²) in [6.07, 6.45) is 0. The lowest BCUT2D eigenvalue weighted by Crippen LogP contribution is -2.40. The maximum atomic E-state index is 12.9. The molecule has 7 nitrogen and oxygen atoms in total. The van der Waals surface area contributed by atoms with Gasteiger partial charge in [0.15, 0.2) is 0 Å². The minimum Gasteiger partial charge on any atom is -0.280 e. The van der Waals surface area contributed by atoms with Crippen molar-refractivity contribution in [3.63, 3.8) is 0 Å². The van der Waals surface area contributed by atoms with Crippen LogP contribution in [0.5, 0.6) is 0 Å². The second-order valence-corrected chi connectivity index (χ2v) is 9.20. The third-order valence-corrected chi connectivity index (χ3v) is 5.62. The molecule has 0 radical (unpaired) electrons. The summed E-state index contributed by atoms with van der Waals surface area (Å²) in [5.74, 6) is -0.899. The fraction of sp³-hybridized carbons (Fsp3) is 0.300. The number of carbonyl (C=O) groups is 2. The maximum Gasteiger partial charge on any atom is 0.269 e. The smallest absolute Gasteiger partial charge is 0.269 e. The molecule has 0 aliphatic heterocycles. The quantitative estimate of drug-likeness (QED) is 0.683. The molecular weight excluding hydrogens is 378 g/mol. The largest absolute Gasteiger partial charge is 0.280 e. The van der Waals surface area contributed by atoms with Crippen LogP contribution in [0.3, 0.4) is 0 Å². The first-order valence-corrected chi connectivity index (χ1v) is 10.2. The molecule has 0 saturated carbocycles. The van der Waals surface area contributed by atoms with Crippen molar-refractivity contribution in [3.05, 3.63) is 59.2 Å². The van der Waals surface area contributed by atoms with Gasteiger partial charge in [0.25, 0.3) is 15.9 Å². The predicted molar refractivity (Wildman–Crippen MR) is 108 cm³/mol. The monoisotopic (exact) mass is 403 g/mol. The summed E-state index contributed by atoms with van der Waals surface area (Å²) >= 11 is 0. The summed E-state index contributed by atoms with van der Waals surface area (Å²) in [6.45, 7) is 9.08. The summed E-state index contributed by atoms with van der Waals surface area (Å²) < 4.78 is 28.3. The highest BCUT2D eigenvalue weighted by atomic mass is 32.2. The number of hydrogen-bond acceptors (Lipinski definition) is 4. The molecule has 2 rings (SSSR count). The molecule has 0 aromatic heterocycles. The van der Waals surface area contributed by atoms with Gasteiger partial charge in [0, 0.05) is 18.2 Å². The Hall–Kier alpha value is -2.87. The van der Waals surface area contributed by atoms with Crippen molar-refractivity contribution in [3.8, 4) is 0 Å². The van der Waals surface area contributed by atoms with Crippen LogP contribution in [0.4, 0.5) is 5.69 Å². The average molecular weight is 404 g/mol. The second-order valence-electron chi connectivity index (χ2n) is 7.55. The van der Waals surface area contributed by atoms with Crippen molar-refractivity contribution >= 4 is 27.5 Å². The zero-order valence-electron chi connectivity index (χ0n) is 16.6. The zero-order chi connectivity index (χ0) is 21.1. The SMILES string of the molecule is CC(=O)NNC(=O)c1ccc(NS(=O)(=O)c2cc(C(C)(C)C)ccc2C)cc1. The molecule has 0 unspecified atom stereocenters. The van der Waals surface area contributed by atoms with E-state index in [0.29, 0.717) is 11.3 Å². The van der Waals surface area contributed by atoms with E-state index < -0.39 is 21.8 Å². The fourth-order valence-electron chi connectivity index (χ4n) is 2.47. The van der Waals surface area contributed by atoms with E-state index in [1.54, 1.807) is 19.1 Å². The number of rotatable bonds is 4. The van der Waals surface area contributed by atoms with E-state index in [1.165, 1.54) is 31.2 Å². The topological polar surface area (TPSA) is 104 Å². The second kappa shape index (κ2) is 8.02. The molecule has 0 spiro atoms. The van der Waals surface area contributed by atoms with Crippen LogP contribution in [0, 0.1) is 6.92 Å². The molecule has 2 amide bonds. The molecule has 0 aliphatic carbocycles. The number of anilines is 1. The number of amides is 2. The first-order chi connectivity index (χ1) is 12.9. The van der Waals surface area contributed by atoms with Gasteiger partial charge in [-0.25, -0.2) is 8.42 Å². The number of benzene rings is 2. The van der Waals surface area contributed by atoms with Gasteiger partial charge in [-0.1, -0.05) is 32.9 Å². The maximum absolute atomic E-state index is 12.9. The molecule has 0 saturated heterocycles. The first kappa shape index (κ1) is 21.4. The Morgan fingerprint density at radius 2 is 1.54 bits per heavy atom. The van der Waals surface area contributed by atoms with Gasteiger partial charge < -0.3 is 0 Å². The van der Waals surface area contributed by atoms with Crippen LogP contribution >= 0.6 is 0 Å². The highest BCUT2D eigenvalue weighted by Gasteiger charge is 2.21. The van der Waals surface area contributed by atoms with E-state index in [9.17, 15) is 18.0 Å². The molecule has 2 aromatic rings. The van der Waals surface area contributed by atoms with E-state index in [-0.39, 0.29) is 15.9 Å². The van der Waals surface area contributed by atoms with Gasteiger partial charge in [0.1, 0.15) is 0 Å². The number of sulfonamides is 1. The highest BCUT2D eigenvalue weighted by Crippen LogP contribution is 2.27. The number of carbonyl (C=O) groups excluding carboxylic acids is 2. The van der Waals surface area contributed by atoms with Crippen LogP contribution in [-0.4, -0.2) is 20.2 Å². The van der Waals surface area contributed by atoms with Crippen molar-refractivity contribution in [1.82, 2.24) is 10.9 Å². The molecular formula is C20H25N3O4S. The lowest BCUT2D eigenvalue weighted by molar-refractivity contribution is -0.119. The van der Waals surface area contributed by atoms with Crippen molar-refractivity contribution in [2.24, 2.45) is 0 Å². The molecule has 8 heteroatoms. The Balaban J connectivity index is 2.23. The highest BCUT2D eigenvalue weighted by molar-refractivity contribution is 7.92. The van der Waals surface area contributed by atoms with Crippen LogP contribution in [0.25, 0.3) is 0 Å². The van der Waals surface area contributed by atoms with Crippen molar-refractivity contribution in [1.29, 1.82) is 0 Å². The summed E-state index contributed by atoms with van der Waals surface area (Å²) in [4.78, 5) is 22.9. The molecule has 2 aromatic carbocycles. The molecule has 0 heterocycles. The van der Waals surface area contributed by atoms with Gasteiger partial charge in [-0.15, -0.1) is 0 Å². The Morgan fingerprint density at radius 1 is 0.929 bits per heavy atom. The third kappa shape index (κ3) is 5.32. The summed E-state index contributed by atoms with van der Waals surface area (Å²) in [5.41, 5.74) is 6.43. The van der Waals surface area contributed by atoms with Crippen LogP contribution < -0.4 is 15.6 Å². The minimum absolute atomic E-state index is 0.180. The standard InChI is InChI=1S/C20H25N3O4S/c1-13-6-9-16(20(3,4)5)12-18(13)28(26,27)23-17-10-7-15(8-11-17)19(25)22-21-14(2)24/h6-12,23H,1-5H3,(H,21,24)(H,22,25). The van der Waals surface area contributed by atoms with Crippen LogP contribution in [0.1, 0.15) is 49.2 Å². The van der Waals surface area contributed by atoms with E-state index >= 15 is 0 Å². The summed E-state index contributed by atoms with van der Waals surface area (Å²) in [6, 6.07) is 11.3. The van der Waals surface area contributed by atoms with E-state index in [4.69, 9.17) is 0 Å². The van der Waals surface area contributed by atoms with Crippen molar-refractivity contribution in [2.75, 3.05) is 4.72 Å². The van der Waals surface area contributed by atoms with Crippen molar-refractivity contribution < 1.29 is 18.0 Å². The average Bonchev–Trinajstić information content (AvgIpc) is 2.59. The number of nitrogens with one attached hydrogen (secondary N) is 3. The summed E-state index contributed by atoms with van der Waals surface area (Å²) in [5, 5.41) is 0. The van der Waals surface area contributed by atoms with Gasteiger partial charge in [-0.3, -0.25) is 25.2 Å². The number of hydrazine groups is 1. The van der Waals surface area contributed by atoms with Crippen LogP contribution in [0.2, 0.25) is 0 Å². The number of aryl methyl sites for hydroxylation is 1. The predicted octanol–water partition coefficient (Wildman–Crippen LogP) is 2.87. The zero-order valence-corrected chi connectivity index (χ0v) is 17.4. The van der Waals surface area contributed by atoms with Crippen LogP contribution in [0.15, 0.2) is 47.4 Å². The van der Waals surface area contributed by atoms with Crippen LogP contribution in [-0.2, 0) is 20.2 Å². The Bertz CT molecular complexity index is 991. The molecule has 0 aliphatic rings. The molecule has 0 fully saturated rings. The van der Waals surface area contributed by atoms with Gasteiger partial charge in [-0.2, -0.15) is 0 Å². The molecule has 0 bridgehead atoms. The van der Waals surface area contributed by atoms with Gasteiger partial charge in [0.2, 0.25) is 5.91 Å². The first-order valence-electron chi connectivity index (χ1n) is 8.71. The Labute approximate surface area is 165 Å². The summed E-state index contributed by atoms with van der Waals surface area (Å²) in [7, 11) is -3.79. The molecule has 3 N–H and O–H groups in total. The molecule has 0 atom stereocenters. The minimum atomic E-state index is -3.79. The lowest BCUT2D eigenvalue weighted by atomic mass is 9.87. The van der Waals surface area contributed by atoms with E-state index in [1.807, 2.05) is 26.8 Å². The van der Waals surface area contributed by atoms with Gasteiger partial charge >= 0.3 is 0 Å². The Kier molecular flexibility index (Phi) is 6.14. The number of hydrogen-bond donors (Lipinski definition) is 3. The normalized spacial score (nSPS) is 11.6.